The molecule has 1 aromatic rings. The molecule has 0 atom stereocenters. The van der Waals surface area contributed by atoms with Gasteiger partial charge in [-0.3, -0.25) is 0 Å². The van der Waals surface area contributed by atoms with E-state index in [1.165, 1.54) is 12.3 Å². The molecule has 0 aliphatic carbocycles. The number of halogens is 3. The summed E-state index contributed by atoms with van der Waals surface area (Å²) in [5.41, 5.74) is 0. The molecule has 0 N–H and O–H groups in total. The van der Waals surface area contributed by atoms with Gasteiger partial charge in [-0.2, -0.15) is 18.6 Å². The van der Waals surface area contributed by atoms with Crippen LogP contribution in [0.15, 0.2) is 12.3 Å². The fourth-order valence-corrected chi connectivity index (χ4v) is 0.616. The van der Waals surface area contributed by atoms with Crippen molar-refractivity contribution in [3.8, 4) is 0 Å². The van der Waals surface area contributed by atoms with E-state index in [0.29, 0.717) is 4.68 Å². The molecule has 0 radical (unpaired) electrons. The molecule has 1 heterocycles. The molecule has 2 nitrogen and oxygen atoms in total. The molecule has 0 aliphatic heterocycles. The summed E-state index contributed by atoms with van der Waals surface area (Å²) >= 11 is 5.26. The van der Waals surface area contributed by atoms with E-state index in [0.717, 1.165) is 0 Å². The number of hydrogen-bond donors (Lipinski definition) is 0. The molecule has 0 aliphatic rings. The van der Waals surface area contributed by atoms with E-state index in [1.807, 2.05) is 0 Å². The van der Waals surface area contributed by atoms with Crippen LogP contribution < -0.4 is 0 Å². The summed E-state index contributed by atoms with van der Waals surface area (Å²) in [6.07, 6.45) is 1.22. The van der Waals surface area contributed by atoms with Crippen molar-refractivity contribution in [1.29, 1.82) is 0 Å². The summed E-state index contributed by atoms with van der Waals surface area (Å²) in [6, 6.07) is 1.30. The number of alkyl halides is 2. The largest absolute Gasteiger partial charge is 0.334 e. The third-order valence-corrected chi connectivity index (χ3v) is 1.11. The molecule has 1 aromatic heterocycles. The Kier molecular flexibility index (Phi) is 1.66. The minimum atomic E-state index is -2.65. The van der Waals surface area contributed by atoms with Crippen molar-refractivity contribution < 1.29 is 8.78 Å². The van der Waals surface area contributed by atoms with Gasteiger partial charge in [0.15, 0.2) is 0 Å². The van der Waals surface area contributed by atoms with Crippen molar-refractivity contribution in [2.45, 2.75) is 6.55 Å². The van der Waals surface area contributed by atoms with Crippen molar-refractivity contribution in [2.24, 2.45) is 0 Å². The van der Waals surface area contributed by atoms with E-state index >= 15 is 0 Å². The molecule has 1 rings (SSSR count). The van der Waals surface area contributed by atoms with Crippen LogP contribution in [0.25, 0.3) is 0 Å². The Morgan fingerprint density at radius 1 is 1.67 bits per heavy atom. The molecule has 50 valence electrons. The lowest BCUT2D eigenvalue weighted by atomic mass is 10.7. The van der Waals surface area contributed by atoms with Gasteiger partial charge in [-0.05, 0) is 6.07 Å². The zero-order valence-electron chi connectivity index (χ0n) is 4.26. The SMILES string of the molecule is FC(F)n1nccc1Cl. The first-order chi connectivity index (χ1) is 4.22. The minimum Gasteiger partial charge on any atom is -0.193 e. The van der Waals surface area contributed by atoms with E-state index in [9.17, 15) is 8.78 Å². The first-order valence-electron chi connectivity index (χ1n) is 2.19. The van der Waals surface area contributed by atoms with Gasteiger partial charge in [0.1, 0.15) is 5.15 Å². The van der Waals surface area contributed by atoms with Crippen LogP contribution in [-0.2, 0) is 0 Å². The smallest absolute Gasteiger partial charge is 0.193 e. The summed E-state index contributed by atoms with van der Waals surface area (Å²) in [7, 11) is 0. The van der Waals surface area contributed by atoms with Gasteiger partial charge in [-0.25, -0.2) is 0 Å². The average molecular weight is 153 g/mol. The molecular weight excluding hydrogens is 150 g/mol. The summed E-state index contributed by atoms with van der Waals surface area (Å²) in [6.45, 7) is -2.65. The van der Waals surface area contributed by atoms with Crippen LogP contribution in [0.4, 0.5) is 8.78 Å². The maximum absolute atomic E-state index is 11.7. The molecule has 0 amide bonds. The van der Waals surface area contributed by atoms with Crippen molar-refractivity contribution in [1.82, 2.24) is 9.78 Å². The molecule has 9 heavy (non-hydrogen) atoms. The van der Waals surface area contributed by atoms with E-state index in [2.05, 4.69) is 5.10 Å². The highest BCUT2D eigenvalue weighted by molar-refractivity contribution is 6.29. The van der Waals surface area contributed by atoms with E-state index < -0.39 is 6.55 Å². The van der Waals surface area contributed by atoms with Crippen molar-refractivity contribution in [2.75, 3.05) is 0 Å². The fourth-order valence-electron chi connectivity index (χ4n) is 0.442. The molecule has 0 saturated heterocycles. The topological polar surface area (TPSA) is 17.8 Å². The summed E-state index contributed by atoms with van der Waals surface area (Å²) in [5.74, 6) is 0. The Hall–Kier alpha value is -0.640. The second kappa shape index (κ2) is 2.31. The zero-order valence-corrected chi connectivity index (χ0v) is 5.02. The maximum atomic E-state index is 11.7. The highest BCUT2D eigenvalue weighted by Crippen LogP contribution is 2.15. The van der Waals surface area contributed by atoms with Gasteiger partial charge >= 0.3 is 6.55 Å². The maximum Gasteiger partial charge on any atom is 0.334 e. The quantitative estimate of drug-likeness (QED) is 0.601. The average Bonchev–Trinajstić information content (AvgIpc) is 2.13. The standard InChI is InChI=1S/C4H3ClF2N2/c5-3-1-2-8-9(3)4(6)7/h1-2,4H. The highest BCUT2D eigenvalue weighted by Gasteiger charge is 2.08. The van der Waals surface area contributed by atoms with Crippen LogP contribution in [0.3, 0.4) is 0 Å². The third-order valence-electron chi connectivity index (χ3n) is 0.807. The van der Waals surface area contributed by atoms with Crippen LogP contribution in [0.5, 0.6) is 0 Å². The lowest BCUT2D eigenvalue weighted by Crippen LogP contribution is -1.98. The van der Waals surface area contributed by atoms with Gasteiger partial charge in [0.25, 0.3) is 0 Å². The molecule has 0 saturated carbocycles. The van der Waals surface area contributed by atoms with Crippen molar-refractivity contribution in [3.63, 3.8) is 0 Å². The molecule has 0 spiro atoms. The van der Waals surface area contributed by atoms with Crippen LogP contribution in [-0.4, -0.2) is 9.78 Å². The molecule has 0 fully saturated rings. The Labute approximate surface area is 55.0 Å². The van der Waals surface area contributed by atoms with Gasteiger partial charge < -0.3 is 0 Å². The molecule has 5 heteroatoms. The molecular formula is C4H3ClF2N2. The lowest BCUT2D eigenvalue weighted by molar-refractivity contribution is 0.0569. The lowest BCUT2D eigenvalue weighted by Gasteiger charge is -1.97. The molecule has 0 unspecified atom stereocenters. The van der Waals surface area contributed by atoms with E-state index in [1.54, 1.807) is 0 Å². The number of nitrogens with zero attached hydrogens (tertiary/aromatic N) is 2. The summed E-state index contributed by atoms with van der Waals surface area (Å²) in [4.78, 5) is 0. The molecule has 0 aromatic carbocycles. The van der Waals surface area contributed by atoms with Gasteiger partial charge in [0.2, 0.25) is 0 Å². The summed E-state index contributed by atoms with van der Waals surface area (Å²) in [5, 5.41) is 3.20. The first-order valence-corrected chi connectivity index (χ1v) is 2.57. The predicted octanol–water partition coefficient (Wildman–Crippen LogP) is 1.93. The Balaban J connectivity index is 2.94. The monoisotopic (exact) mass is 152 g/mol. The van der Waals surface area contributed by atoms with Crippen molar-refractivity contribution >= 4 is 11.6 Å². The predicted molar refractivity (Wildman–Crippen MR) is 28.5 cm³/mol. The first kappa shape index (κ1) is 6.48. The van der Waals surface area contributed by atoms with Crippen LogP contribution in [0.1, 0.15) is 6.55 Å². The van der Waals surface area contributed by atoms with Crippen molar-refractivity contribution in [3.05, 3.63) is 17.4 Å². The Morgan fingerprint density at radius 2 is 2.33 bits per heavy atom. The van der Waals surface area contributed by atoms with Crippen LogP contribution in [0, 0.1) is 0 Å². The van der Waals surface area contributed by atoms with Gasteiger partial charge in [0.05, 0.1) is 6.20 Å². The van der Waals surface area contributed by atoms with Crippen LogP contribution in [0.2, 0.25) is 5.15 Å². The number of hydrogen-bond acceptors (Lipinski definition) is 1. The van der Waals surface area contributed by atoms with E-state index in [-0.39, 0.29) is 5.15 Å². The second-order valence-electron chi connectivity index (χ2n) is 1.38. The van der Waals surface area contributed by atoms with Gasteiger partial charge in [-0.1, -0.05) is 11.6 Å². The second-order valence-corrected chi connectivity index (χ2v) is 1.76. The summed E-state index contributed by atoms with van der Waals surface area (Å²) < 4.78 is 23.8. The zero-order chi connectivity index (χ0) is 6.85. The Bertz CT molecular complexity index is 198. The number of aromatic nitrogens is 2. The van der Waals surface area contributed by atoms with Gasteiger partial charge in [0, 0.05) is 0 Å². The van der Waals surface area contributed by atoms with Crippen LogP contribution >= 0.6 is 11.6 Å². The van der Waals surface area contributed by atoms with E-state index in [4.69, 9.17) is 11.6 Å². The third kappa shape index (κ3) is 1.18. The normalized spacial score (nSPS) is 10.7. The highest BCUT2D eigenvalue weighted by atomic mass is 35.5. The minimum absolute atomic E-state index is 0.0509. The Morgan fingerprint density at radius 3 is 2.56 bits per heavy atom. The fraction of sp³-hybridized carbons (Fsp3) is 0.250. The van der Waals surface area contributed by atoms with Gasteiger partial charge in [-0.15, -0.1) is 0 Å². The molecule has 0 bridgehead atoms. The number of rotatable bonds is 1.